The number of ether oxygens (including phenoxy) is 2. The van der Waals surface area contributed by atoms with Gasteiger partial charge < -0.3 is 14.6 Å². The van der Waals surface area contributed by atoms with Crippen LogP contribution in [0.1, 0.15) is 12.5 Å². The lowest BCUT2D eigenvalue weighted by Gasteiger charge is -2.13. The molecule has 0 saturated carbocycles. The Kier molecular flexibility index (Phi) is 5.56. The van der Waals surface area contributed by atoms with E-state index in [4.69, 9.17) is 9.47 Å². The molecule has 0 aliphatic heterocycles. The van der Waals surface area contributed by atoms with Gasteiger partial charge in [-0.15, -0.1) is 0 Å². The van der Waals surface area contributed by atoms with E-state index in [-0.39, 0.29) is 11.7 Å². The number of phenolic OH excluding ortho intramolecular Hbond substituents is 1. The van der Waals surface area contributed by atoms with Gasteiger partial charge in [-0.1, -0.05) is 30.3 Å². The van der Waals surface area contributed by atoms with Gasteiger partial charge in [0.15, 0.2) is 17.6 Å². The highest BCUT2D eigenvalue weighted by molar-refractivity contribution is 5.86. The van der Waals surface area contributed by atoms with Gasteiger partial charge in [0.05, 0.1) is 13.3 Å². The van der Waals surface area contributed by atoms with Crippen molar-refractivity contribution in [3.05, 3.63) is 66.2 Å². The molecule has 2 N–H and O–H groups in total. The summed E-state index contributed by atoms with van der Waals surface area (Å²) in [5, 5.41) is 15.8. The lowest BCUT2D eigenvalue weighted by atomic mass is 10.1. The Morgan fingerprint density at radius 1 is 1.11 bits per heavy atom. The first-order chi connectivity index (χ1) is 13.1. The van der Waals surface area contributed by atoms with Gasteiger partial charge in [0.25, 0.3) is 5.91 Å². The lowest BCUT2D eigenvalue weighted by molar-refractivity contribution is -0.127. The summed E-state index contributed by atoms with van der Waals surface area (Å²) in [6.07, 6.45) is 0.715. The van der Waals surface area contributed by atoms with Crippen molar-refractivity contribution in [1.29, 1.82) is 0 Å². The van der Waals surface area contributed by atoms with Gasteiger partial charge in [0.2, 0.25) is 0 Å². The van der Waals surface area contributed by atoms with Crippen LogP contribution >= 0.6 is 0 Å². The second kappa shape index (κ2) is 8.23. The van der Waals surface area contributed by atoms with Crippen molar-refractivity contribution < 1.29 is 19.4 Å². The van der Waals surface area contributed by atoms with Crippen LogP contribution in [0.15, 0.2) is 65.8 Å². The maximum atomic E-state index is 12.1. The molecule has 0 aliphatic rings. The van der Waals surface area contributed by atoms with Crippen molar-refractivity contribution >= 4 is 22.9 Å². The van der Waals surface area contributed by atoms with Crippen LogP contribution in [0.25, 0.3) is 10.8 Å². The van der Waals surface area contributed by atoms with Gasteiger partial charge in [-0.3, -0.25) is 4.79 Å². The molecule has 0 fully saturated rings. The third kappa shape index (κ3) is 4.55. The van der Waals surface area contributed by atoms with Crippen molar-refractivity contribution in [3.8, 4) is 17.2 Å². The first-order valence-electron chi connectivity index (χ1n) is 8.42. The van der Waals surface area contributed by atoms with E-state index in [1.165, 1.54) is 19.4 Å². The van der Waals surface area contributed by atoms with Crippen molar-refractivity contribution in [1.82, 2.24) is 5.43 Å². The second-order valence-electron chi connectivity index (χ2n) is 5.93. The molecule has 6 nitrogen and oxygen atoms in total. The Bertz CT molecular complexity index is 985. The van der Waals surface area contributed by atoms with Crippen molar-refractivity contribution in [2.45, 2.75) is 13.0 Å². The number of carbonyl (C=O) groups is 1. The summed E-state index contributed by atoms with van der Waals surface area (Å²) in [6, 6.07) is 18.4. The summed E-state index contributed by atoms with van der Waals surface area (Å²) in [4.78, 5) is 12.1. The first-order valence-corrected chi connectivity index (χ1v) is 8.42. The molecule has 138 valence electrons. The number of hydrazone groups is 1. The fourth-order valence-electron chi connectivity index (χ4n) is 2.55. The number of aromatic hydroxyl groups is 1. The molecule has 0 aliphatic carbocycles. The minimum absolute atomic E-state index is 0.000724. The van der Waals surface area contributed by atoms with E-state index in [1.807, 2.05) is 42.5 Å². The van der Waals surface area contributed by atoms with Crippen LogP contribution in [0.3, 0.4) is 0 Å². The number of nitrogens with one attached hydrogen (secondary N) is 1. The standard InChI is InChI=1S/C21H20N2O4/c1-14(27-18-9-8-16-5-3-4-6-17(16)12-18)21(25)23-22-13-15-7-10-20(26-2)19(24)11-15/h3-14,24H,1-2H3,(H,23,25). The molecule has 0 heterocycles. The minimum atomic E-state index is -0.715. The number of benzene rings is 3. The number of carbonyl (C=O) groups excluding carboxylic acids is 1. The molecular formula is C21H20N2O4. The van der Waals surface area contributed by atoms with Gasteiger partial charge in [-0.05, 0) is 53.6 Å². The monoisotopic (exact) mass is 364 g/mol. The van der Waals surface area contributed by atoms with Gasteiger partial charge in [0.1, 0.15) is 5.75 Å². The quantitative estimate of drug-likeness (QED) is 0.518. The van der Waals surface area contributed by atoms with Crippen LogP contribution in [0, 0.1) is 0 Å². The number of hydrogen-bond donors (Lipinski definition) is 2. The van der Waals surface area contributed by atoms with E-state index in [1.54, 1.807) is 19.1 Å². The zero-order valence-corrected chi connectivity index (χ0v) is 15.0. The SMILES string of the molecule is COc1ccc(C=NNC(=O)C(C)Oc2ccc3ccccc3c2)cc1O. The number of nitrogens with zero attached hydrogens (tertiary/aromatic N) is 1. The molecule has 3 rings (SSSR count). The van der Waals surface area contributed by atoms with E-state index >= 15 is 0 Å². The molecule has 0 aromatic heterocycles. The summed E-state index contributed by atoms with van der Waals surface area (Å²) in [5.41, 5.74) is 3.05. The summed E-state index contributed by atoms with van der Waals surface area (Å²) >= 11 is 0. The third-order valence-corrected chi connectivity index (χ3v) is 3.99. The fraction of sp³-hybridized carbons (Fsp3) is 0.143. The zero-order valence-electron chi connectivity index (χ0n) is 15.0. The highest BCUT2D eigenvalue weighted by atomic mass is 16.5. The molecule has 1 unspecified atom stereocenters. The van der Waals surface area contributed by atoms with Gasteiger partial charge >= 0.3 is 0 Å². The van der Waals surface area contributed by atoms with Gasteiger partial charge in [-0.2, -0.15) is 5.10 Å². The molecule has 0 spiro atoms. The summed E-state index contributed by atoms with van der Waals surface area (Å²) in [7, 11) is 1.47. The molecule has 6 heteroatoms. The van der Waals surface area contributed by atoms with Crippen molar-refractivity contribution in [3.63, 3.8) is 0 Å². The summed E-state index contributed by atoms with van der Waals surface area (Å²) < 4.78 is 10.7. The predicted octanol–water partition coefficient (Wildman–Crippen LogP) is 3.47. The van der Waals surface area contributed by atoms with E-state index in [0.29, 0.717) is 17.1 Å². The van der Waals surface area contributed by atoms with Crippen LogP contribution < -0.4 is 14.9 Å². The smallest absolute Gasteiger partial charge is 0.280 e. The molecule has 0 bridgehead atoms. The van der Waals surface area contributed by atoms with E-state index < -0.39 is 6.10 Å². The van der Waals surface area contributed by atoms with Crippen LogP contribution in [-0.2, 0) is 4.79 Å². The highest BCUT2D eigenvalue weighted by Gasteiger charge is 2.14. The Labute approximate surface area is 157 Å². The van der Waals surface area contributed by atoms with Crippen molar-refractivity contribution in [2.75, 3.05) is 7.11 Å². The predicted molar refractivity (Wildman–Crippen MR) is 104 cm³/mol. The van der Waals surface area contributed by atoms with Crippen LogP contribution in [0.4, 0.5) is 0 Å². The Morgan fingerprint density at radius 2 is 1.89 bits per heavy atom. The molecule has 1 amide bonds. The molecular weight excluding hydrogens is 344 g/mol. The highest BCUT2D eigenvalue weighted by Crippen LogP contribution is 2.25. The normalized spacial score (nSPS) is 12.1. The van der Waals surface area contributed by atoms with Crippen LogP contribution in [0.5, 0.6) is 17.2 Å². The molecule has 3 aromatic rings. The molecule has 0 radical (unpaired) electrons. The average Bonchev–Trinajstić information content (AvgIpc) is 2.68. The van der Waals surface area contributed by atoms with Gasteiger partial charge in [0, 0.05) is 0 Å². The van der Waals surface area contributed by atoms with E-state index in [0.717, 1.165) is 10.8 Å². The largest absolute Gasteiger partial charge is 0.504 e. The molecule has 1 atom stereocenters. The topological polar surface area (TPSA) is 80.2 Å². The number of hydrogen-bond acceptors (Lipinski definition) is 5. The van der Waals surface area contributed by atoms with Crippen LogP contribution in [0.2, 0.25) is 0 Å². The maximum absolute atomic E-state index is 12.1. The maximum Gasteiger partial charge on any atom is 0.280 e. The molecule has 0 saturated heterocycles. The number of methoxy groups -OCH3 is 1. The number of fused-ring (bicyclic) bond motifs is 1. The van der Waals surface area contributed by atoms with E-state index in [2.05, 4.69) is 10.5 Å². The lowest BCUT2D eigenvalue weighted by Crippen LogP contribution is -2.33. The first kappa shape index (κ1) is 18.3. The summed E-state index contributed by atoms with van der Waals surface area (Å²) in [6.45, 7) is 1.65. The zero-order chi connectivity index (χ0) is 19.2. The Balaban J connectivity index is 1.59. The van der Waals surface area contributed by atoms with E-state index in [9.17, 15) is 9.90 Å². The Morgan fingerprint density at radius 3 is 2.63 bits per heavy atom. The Hall–Kier alpha value is -3.54. The van der Waals surface area contributed by atoms with Crippen LogP contribution in [-0.4, -0.2) is 30.4 Å². The number of rotatable bonds is 6. The van der Waals surface area contributed by atoms with Gasteiger partial charge in [-0.25, -0.2) is 5.43 Å². The minimum Gasteiger partial charge on any atom is -0.504 e. The fourth-order valence-corrected chi connectivity index (χ4v) is 2.55. The van der Waals surface area contributed by atoms with Crippen molar-refractivity contribution in [2.24, 2.45) is 5.10 Å². The molecule has 3 aromatic carbocycles. The summed E-state index contributed by atoms with van der Waals surface area (Å²) in [5.74, 6) is 0.604. The average molecular weight is 364 g/mol. The number of phenols is 1. The third-order valence-electron chi connectivity index (χ3n) is 3.99. The number of amides is 1. The second-order valence-corrected chi connectivity index (χ2v) is 5.93. The molecule has 27 heavy (non-hydrogen) atoms.